The van der Waals surface area contributed by atoms with Gasteiger partial charge < -0.3 is 24.6 Å². The molecule has 0 saturated heterocycles. The molecular formula is C28H33N3O5. The van der Waals surface area contributed by atoms with Crippen LogP contribution in [0.15, 0.2) is 48.5 Å². The molecule has 1 aromatic heterocycles. The van der Waals surface area contributed by atoms with E-state index in [1.165, 1.54) is 0 Å². The summed E-state index contributed by atoms with van der Waals surface area (Å²) in [6.07, 6.45) is 2.32. The molecule has 8 heteroatoms. The normalized spacial score (nSPS) is 17.5. The number of likely N-dealkylation sites (N-methyl/N-ethyl adjacent to an activating group) is 1. The predicted octanol–water partition coefficient (Wildman–Crippen LogP) is 4.38. The van der Waals surface area contributed by atoms with Gasteiger partial charge in [0.2, 0.25) is 5.91 Å². The number of hydrogen-bond acceptors (Lipinski definition) is 4. The van der Waals surface area contributed by atoms with Gasteiger partial charge in [-0.05, 0) is 75.4 Å². The fourth-order valence-electron chi connectivity index (χ4n) is 4.98. The van der Waals surface area contributed by atoms with Crippen molar-refractivity contribution in [2.45, 2.75) is 52.1 Å². The number of anilines is 1. The van der Waals surface area contributed by atoms with Crippen molar-refractivity contribution in [1.29, 1.82) is 0 Å². The average molecular weight is 492 g/mol. The highest BCUT2D eigenvalue weighted by Crippen LogP contribution is 2.28. The van der Waals surface area contributed by atoms with E-state index >= 15 is 0 Å². The monoisotopic (exact) mass is 491 g/mol. The largest absolute Gasteiger partial charge is 0.497 e. The zero-order valence-electron chi connectivity index (χ0n) is 21.0. The van der Waals surface area contributed by atoms with Gasteiger partial charge in [0.25, 0.3) is 5.91 Å². The Morgan fingerprint density at radius 2 is 1.83 bits per heavy atom. The molecule has 1 heterocycles. The third kappa shape index (κ3) is 5.37. The van der Waals surface area contributed by atoms with Crippen LogP contribution in [0.2, 0.25) is 0 Å². The number of carboxylic acid groups (broad SMARTS) is 1. The summed E-state index contributed by atoms with van der Waals surface area (Å²) in [5, 5.41) is 13.2. The minimum Gasteiger partial charge on any atom is -0.497 e. The van der Waals surface area contributed by atoms with Crippen molar-refractivity contribution in [2.75, 3.05) is 18.6 Å². The van der Waals surface area contributed by atoms with E-state index in [1.807, 2.05) is 56.3 Å². The Labute approximate surface area is 210 Å². The average Bonchev–Trinajstić information content (AvgIpc) is 3.22. The number of amides is 2. The number of nitrogens with one attached hydrogen (secondary N) is 1. The number of benzene rings is 2. The van der Waals surface area contributed by atoms with Gasteiger partial charge in [0.05, 0.1) is 18.5 Å². The first-order valence-electron chi connectivity index (χ1n) is 12.4. The number of aryl methyl sites for hydroxylation is 1. The lowest BCUT2D eigenvalue weighted by molar-refractivity contribution is -0.142. The molecule has 0 atom stereocenters. The molecule has 190 valence electrons. The molecule has 8 nitrogen and oxygen atoms in total. The molecule has 1 saturated carbocycles. The number of methoxy groups -OCH3 is 1. The van der Waals surface area contributed by atoms with Crippen LogP contribution in [-0.4, -0.2) is 47.2 Å². The summed E-state index contributed by atoms with van der Waals surface area (Å²) >= 11 is 0. The third-order valence-electron chi connectivity index (χ3n) is 6.98. The number of ether oxygens (including phenoxy) is 1. The van der Waals surface area contributed by atoms with Crippen LogP contribution >= 0.6 is 0 Å². The maximum Gasteiger partial charge on any atom is 0.306 e. The Kier molecular flexibility index (Phi) is 7.62. The quantitative estimate of drug-likeness (QED) is 0.487. The lowest BCUT2D eigenvalue weighted by Gasteiger charge is -2.27. The minimum atomic E-state index is -0.776. The van der Waals surface area contributed by atoms with Gasteiger partial charge in [0, 0.05) is 29.7 Å². The molecule has 2 N–H and O–H groups in total. The molecule has 0 radical (unpaired) electrons. The van der Waals surface area contributed by atoms with E-state index in [9.17, 15) is 19.5 Å². The smallest absolute Gasteiger partial charge is 0.306 e. The molecular weight excluding hydrogens is 458 g/mol. The maximum atomic E-state index is 13.5. The van der Waals surface area contributed by atoms with Gasteiger partial charge in [-0.25, -0.2) is 0 Å². The number of aromatic nitrogens is 1. The lowest BCUT2D eigenvalue weighted by Crippen LogP contribution is -2.40. The SMILES string of the molecule is CCN(C(=O)Cn1c(C(=O)NC2CCC(C(=O)O)CC2)cc2ccc(OC)cc21)c1cccc(C)c1. The van der Waals surface area contributed by atoms with Gasteiger partial charge in [-0.3, -0.25) is 14.4 Å². The molecule has 4 rings (SSSR count). The standard InChI is InChI=1S/C28H33N3O5/c1-4-30(22-7-5-6-18(2)14-22)26(32)17-31-24-16-23(36-3)13-10-20(24)15-25(31)27(33)29-21-11-8-19(9-12-21)28(34)35/h5-7,10,13-16,19,21H,4,8-9,11-12,17H2,1-3H3,(H,29,33)(H,34,35). The fraction of sp³-hybridized carbons (Fsp3) is 0.393. The van der Waals surface area contributed by atoms with Crippen molar-refractivity contribution in [3.8, 4) is 5.75 Å². The molecule has 3 aromatic rings. The van der Waals surface area contributed by atoms with Crippen LogP contribution in [-0.2, 0) is 16.1 Å². The molecule has 1 fully saturated rings. The van der Waals surface area contributed by atoms with Crippen molar-refractivity contribution in [3.63, 3.8) is 0 Å². The van der Waals surface area contributed by atoms with Crippen molar-refractivity contribution < 1.29 is 24.2 Å². The van der Waals surface area contributed by atoms with Crippen molar-refractivity contribution >= 4 is 34.4 Å². The molecule has 1 aliphatic rings. The van der Waals surface area contributed by atoms with Crippen LogP contribution < -0.4 is 15.0 Å². The van der Waals surface area contributed by atoms with Gasteiger partial charge >= 0.3 is 5.97 Å². The minimum absolute atomic E-state index is 0.00699. The Bertz CT molecular complexity index is 1270. The first kappa shape index (κ1) is 25.3. The predicted molar refractivity (Wildman–Crippen MR) is 139 cm³/mol. The first-order valence-corrected chi connectivity index (χ1v) is 12.4. The summed E-state index contributed by atoms with van der Waals surface area (Å²) in [6.45, 7) is 4.41. The van der Waals surface area contributed by atoms with Crippen LogP contribution in [0.25, 0.3) is 10.9 Å². The summed E-state index contributed by atoms with van der Waals surface area (Å²) in [5.41, 5.74) is 3.01. The molecule has 0 spiro atoms. The zero-order chi connectivity index (χ0) is 25.8. The highest BCUT2D eigenvalue weighted by molar-refractivity contribution is 6.01. The number of fused-ring (bicyclic) bond motifs is 1. The molecule has 2 aromatic carbocycles. The van der Waals surface area contributed by atoms with E-state index in [1.54, 1.807) is 22.6 Å². The van der Waals surface area contributed by atoms with Crippen LogP contribution in [0.5, 0.6) is 5.75 Å². The van der Waals surface area contributed by atoms with Gasteiger partial charge in [0.1, 0.15) is 18.0 Å². The van der Waals surface area contributed by atoms with Crippen molar-refractivity contribution in [1.82, 2.24) is 9.88 Å². The van der Waals surface area contributed by atoms with Gasteiger partial charge in [-0.1, -0.05) is 12.1 Å². The number of hydrogen-bond donors (Lipinski definition) is 2. The van der Waals surface area contributed by atoms with Gasteiger partial charge in [-0.2, -0.15) is 0 Å². The summed E-state index contributed by atoms with van der Waals surface area (Å²) in [4.78, 5) is 39.9. The Hall–Kier alpha value is -3.81. The van der Waals surface area contributed by atoms with E-state index in [2.05, 4.69) is 5.32 Å². The molecule has 2 amide bonds. The third-order valence-corrected chi connectivity index (χ3v) is 6.98. The number of aliphatic carboxylic acids is 1. The lowest BCUT2D eigenvalue weighted by atomic mass is 9.86. The Balaban J connectivity index is 1.62. The fourth-order valence-corrected chi connectivity index (χ4v) is 4.98. The number of rotatable bonds is 8. The second-order valence-electron chi connectivity index (χ2n) is 9.38. The topological polar surface area (TPSA) is 101 Å². The number of carbonyl (C=O) groups excluding carboxylic acids is 2. The highest BCUT2D eigenvalue weighted by atomic mass is 16.5. The van der Waals surface area contributed by atoms with Crippen LogP contribution in [0.3, 0.4) is 0 Å². The molecule has 36 heavy (non-hydrogen) atoms. The number of nitrogens with zero attached hydrogens (tertiary/aromatic N) is 2. The van der Waals surface area contributed by atoms with Crippen LogP contribution in [0, 0.1) is 12.8 Å². The Morgan fingerprint density at radius 1 is 1.08 bits per heavy atom. The summed E-state index contributed by atoms with van der Waals surface area (Å²) in [6, 6.07) is 15.0. The van der Waals surface area contributed by atoms with Crippen molar-refractivity contribution in [3.05, 3.63) is 59.8 Å². The van der Waals surface area contributed by atoms with E-state index in [0.29, 0.717) is 43.7 Å². The number of carboxylic acids is 1. The number of carbonyl (C=O) groups is 3. The van der Waals surface area contributed by atoms with Crippen LogP contribution in [0.4, 0.5) is 5.69 Å². The van der Waals surface area contributed by atoms with E-state index in [-0.39, 0.29) is 30.3 Å². The second kappa shape index (κ2) is 10.8. The van der Waals surface area contributed by atoms with E-state index in [0.717, 1.165) is 22.2 Å². The highest BCUT2D eigenvalue weighted by Gasteiger charge is 2.28. The first-order chi connectivity index (χ1) is 17.3. The van der Waals surface area contributed by atoms with Gasteiger partial charge in [-0.15, -0.1) is 0 Å². The second-order valence-corrected chi connectivity index (χ2v) is 9.38. The van der Waals surface area contributed by atoms with E-state index in [4.69, 9.17) is 4.74 Å². The maximum absolute atomic E-state index is 13.5. The molecule has 1 aliphatic carbocycles. The van der Waals surface area contributed by atoms with Crippen LogP contribution in [0.1, 0.15) is 48.7 Å². The summed E-state index contributed by atoms with van der Waals surface area (Å²) in [5.74, 6) is -0.883. The van der Waals surface area contributed by atoms with Gasteiger partial charge in [0.15, 0.2) is 0 Å². The van der Waals surface area contributed by atoms with Crippen molar-refractivity contribution in [2.24, 2.45) is 5.92 Å². The summed E-state index contributed by atoms with van der Waals surface area (Å²) < 4.78 is 7.14. The molecule has 0 bridgehead atoms. The summed E-state index contributed by atoms with van der Waals surface area (Å²) in [7, 11) is 1.58. The zero-order valence-corrected chi connectivity index (χ0v) is 21.0. The molecule has 0 aliphatic heterocycles. The van der Waals surface area contributed by atoms with E-state index < -0.39 is 5.97 Å². The molecule has 0 unspecified atom stereocenters. The Morgan fingerprint density at radius 3 is 2.47 bits per heavy atom.